The lowest BCUT2D eigenvalue weighted by Gasteiger charge is -2.37. The van der Waals surface area contributed by atoms with Gasteiger partial charge in [-0.2, -0.15) is 0 Å². The fourth-order valence-electron chi connectivity index (χ4n) is 3.30. The van der Waals surface area contributed by atoms with Gasteiger partial charge in [0.1, 0.15) is 5.82 Å². The zero-order valence-corrected chi connectivity index (χ0v) is 12.6. The number of piperidine rings is 1. The molecule has 1 unspecified atom stereocenters. The van der Waals surface area contributed by atoms with Gasteiger partial charge in [0.15, 0.2) is 0 Å². The number of amides is 1. The van der Waals surface area contributed by atoms with Gasteiger partial charge in [-0.25, -0.2) is 9.97 Å². The Labute approximate surface area is 125 Å². The number of hydrogen-bond donors (Lipinski definition) is 1. The first kappa shape index (κ1) is 14.4. The number of aryl methyl sites for hydroxylation is 1. The Morgan fingerprint density at radius 1 is 1.38 bits per heavy atom. The molecule has 2 aliphatic rings. The number of aliphatic hydroxyl groups is 1. The fraction of sp³-hybridized carbons (Fsp3) is 0.688. The lowest BCUT2D eigenvalue weighted by molar-refractivity contribution is -0.139. The van der Waals surface area contributed by atoms with Gasteiger partial charge in [-0.1, -0.05) is 6.42 Å². The molecule has 2 heterocycles. The van der Waals surface area contributed by atoms with E-state index >= 15 is 0 Å². The van der Waals surface area contributed by atoms with Crippen molar-refractivity contribution in [3.63, 3.8) is 0 Å². The number of nitrogens with zero attached hydrogens (tertiary/aromatic N) is 3. The molecule has 0 spiro atoms. The second-order valence-electron chi connectivity index (χ2n) is 6.24. The number of rotatable bonds is 3. The maximum Gasteiger partial charge on any atom is 0.225 e. The average Bonchev–Trinajstić information content (AvgIpc) is 2.45. The van der Waals surface area contributed by atoms with Crippen LogP contribution >= 0.6 is 0 Å². The quantitative estimate of drug-likeness (QED) is 0.921. The topological polar surface area (TPSA) is 66.3 Å². The smallest absolute Gasteiger partial charge is 0.225 e. The van der Waals surface area contributed by atoms with Crippen molar-refractivity contribution in [2.75, 3.05) is 13.1 Å². The second-order valence-corrected chi connectivity index (χ2v) is 6.24. The lowest BCUT2D eigenvalue weighted by Crippen LogP contribution is -2.44. The molecular weight excluding hydrogens is 266 g/mol. The minimum Gasteiger partial charge on any atom is -0.392 e. The first-order valence-corrected chi connectivity index (χ1v) is 7.91. The van der Waals surface area contributed by atoms with Crippen LogP contribution in [0.15, 0.2) is 6.20 Å². The minimum atomic E-state index is -0.0390. The third-order valence-electron chi connectivity index (χ3n) is 4.76. The van der Waals surface area contributed by atoms with Crippen molar-refractivity contribution in [1.82, 2.24) is 14.9 Å². The van der Waals surface area contributed by atoms with Gasteiger partial charge >= 0.3 is 0 Å². The van der Waals surface area contributed by atoms with E-state index in [0.29, 0.717) is 5.91 Å². The highest BCUT2D eigenvalue weighted by Crippen LogP contribution is 2.32. The molecule has 1 aromatic rings. The summed E-state index contributed by atoms with van der Waals surface area (Å²) in [5.74, 6) is 1.53. The monoisotopic (exact) mass is 289 g/mol. The van der Waals surface area contributed by atoms with E-state index in [2.05, 4.69) is 9.97 Å². The van der Waals surface area contributed by atoms with E-state index in [-0.39, 0.29) is 18.4 Å². The van der Waals surface area contributed by atoms with Crippen molar-refractivity contribution in [1.29, 1.82) is 0 Å². The van der Waals surface area contributed by atoms with Crippen LogP contribution in [0.4, 0.5) is 0 Å². The second kappa shape index (κ2) is 6.10. The molecule has 0 bridgehead atoms. The predicted molar refractivity (Wildman–Crippen MR) is 78.6 cm³/mol. The fourth-order valence-corrected chi connectivity index (χ4v) is 3.30. The summed E-state index contributed by atoms with van der Waals surface area (Å²) < 4.78 is 0. The van der Waals surface area contributed by atoms with Gasteiger partial charge in [-0.15, -0.1) is 0 Å². The summed E-state index contributed by atoms with van der Waals surface area (Å²) in [5.41, 5.74) is 1.72. The molecule has 1 aliphatic carbocycles. The number of aliphatic hydroxyl groups excluding tert-OH is 1. The zero-order chi connectivity index (χ0) is 14.8. The van der Waals surface area contributed by atoms with Gasteiger partial charge in [0, 0.05) is 36.7 Å². The zero-order valence-electron chi connectivity index (χ0n) is 12.6. The van der Waals surface area contributed by atoms with Crippen molar-refractivity contribution in [2.45, 2.75) is 51.6 Å². The molecule has 1 amide bonds. The lowest BCUT2D eigenvalue weighted by atomic mass is 9.83. The number of aromatic nitrogens is 2. The minimum absolute atomic E-state index is 0.0390. The largest absolute Gasteiger partial charge is 0.392 e. The van der Waals surface area contributed by atoms with E-state index in [1.807, 2.05) is 11.8 Å². The highest BCUT2D eigenvalue weighted by Gasteiger charge is 2.33. The maximum absolute atomic E-state index is 12.4. The molecule has 1 aliphatic heterocycles. The van der Waals surface area contributed by atoms with Crippen LogP contribution in [0.5, 0.6) is 0 Å². The van der Waals surface area contributed by atoms with Crippen LogP contribution < -0.4 is 0 Å². The first-order valence-electron chi connectivity index (χ1n) is 7.91. The molecule has 114 valence electrons. The molecule has 5 heteroatoms. The van der Waals surface area contributed by atoms with Crippen LogP contribution in [-0.4, -0.2) is 39.0 Å². The molecular formula is C16H23N3O2. The molecule has 1 saturated heterocycles. The molecule has 21 heavy (non-hydrogen) atoms. The highest BCUT2D eigenvalue weighted by atomic mass is 16.3. The molecule has 1 saturated carbocycles. The molecule has 1 N–H and O–H groups in total. The first-order chi connectivity index (χ1) is 10.2. The number of hydrogen-bond acceptors (Lipinski definition) is 4. The average molecular weight is 289 g/mol. The normalized spacial score (nSPS) is 23.0. The van der Waals surface area contributed by atoms with Crippen molar-refractivity contribution in [3.8, 4) is 0 Å². The van der Waals surface area contributed by atoms with E-state index in [9.17, 15) is 9.90 Å². The third kappa shape index (κ3) is 2.93. The molecule has 1 aromatic heterocycles. The maximum atomic E-state index is 12.4. The van der Waals surface area contributed by atoms with Crippen LogP contribution in [0.1, 0.15) is 55.1 Å². The number of likely N-dealkylation sites (tertiary alicyclic amines) is 1. The van der Waals surface area contributed by atoms with Crippen LogP contribution in [0.2, 0.25) is 0 Å². The van der Waals surface area contributed by atoms with Crippen LogP contribution in [0.3, 0.4) is 0 Å². The van der Waals surface area contributed by atoms with Crippen LogP contribution in [-0.2, 0) is 11.4 Å². The summed E-state index contributed by atoms with van der Waals surface area (Å²) >= 11 is 0. The Morgan fingerprint density at radius 3 is 2.86 bits per heavy atom. The summed E-state index contributed by atoms with van der Waals surface area (Å²) in [6.07, 6.45) is 7.04. The molecule has 3 rings (SSSR count). The summed E-state index contributed by atoms with van der Waals surface area (Å²) in [4.78, 5) is 23.1. The van der Waals surface area contributed by atoms with Crippen molar-refractivity contribution < 1.29 is 9.90 Å². The SMILES string of the molecule is Cc1ncc(CO)c(C2CCCN(C(=O)C3CCC3)C2)n1. The van der Waals surface area contributed by atoms with Crippen LogP contribution in [0, 0.1) is 12.8 Å². The molecule has 0 radical (unpaired) electrons. The number of carbonyl (C=O) groups excluding carboxylic acids is 1. The van der Waals surface area contributed by atoms with Gasteiger partial charge in [-0.05, 0) is 32.6 Å². The predicted octanol–water partition coefficient (Wildman–Crippen LogP) is 1.78. The summed E-state index contributed by atoms with van der Waals surface area (Å²) in [5, 5.41) is 9.49. The van der Waals surface area contributed by atoms with Gasteiger partial charge in [0.05, 0.1) is 12.3 Å². The Balaban J connectivity index is 1.76. The summed E-state index contributed by atoms with van der Waals surface area (Å²) in [6.45, 7) is 3.43. The van der Waals surface area contributed by atoms with Crippen molar-refractivity contribution >= 4 is 5.91 Å². The standard InChI is InChI=1S/C16H23N3O2/c1-11-17-8-14(10-20)15(18-11)13-6-3-7-19(9-13)16(21)12-4-2-5-12/h8,12-13,20H,2-7,9-10H2,1H3. The van der Waals surface area contributed by atoms with E-state index in [0.717, 1.165) is 55.9 Å². The van der Waals surface area contributed by atoms with Crippen LogP contribution in [0.25, 0.3) is 0 Å². The molecule has 1 atom stereocenters. The van der Waals surface area contributed by atoms with Gasteiger partial charge in [0.2, 0.25) is 5.91 Å². The third-order valence-corrected chi connectivity index (χ3v) is 4.76. The Morgan fingerprint density at radius 2 is 2.19 bits per heavy atom. The van der Waals surface area contributed by atoms with E-state index in [4.69, 9.17) is 0 Å². The number of carbonyl (C=O) groups is 1. The molecule has 2 fully saturated rings. The highest BCUT2D eigenvalue weighted by molar-refractivity contribution is 5.79. The van der Waals surface area contributed by atoms with E-state index in [1.54, 1.807) is 6.20 Å². The molecule has 0 aromatic carbocycles. The van der Waals surface area contributed by atoms with E-state index in [1.165, 1.54) is 6.42 Å². The van der Waals surface area contributed by atoms with Gasteiger partial charge < -0.3 is 10.0 Å². The summed E-state index contributed by atoms with van der Waals surface area (Å²) in [7, 11) is 0. The summed E-state index contributed by atoms with van der Waals surface area (Å²) in [6, 6.07) is 0. The molecule has 5 nitrogen and oxygen atoms in total. The Hall–Kier alpha value is -1.49. The van der Waals surface area contributed by atoms with Crippen molar-refractivity contribution in [3.05, 3.63) is 23.3 Å². The van der Waals surface area contributed by atoms with Gasteiger partial charge in [-0.3, -0.25) is 4.79 Å². The van der Waals surface area contributed by atoms with Gasteiger partial charge in [0.25, 0.3) is 0 Å². The van der Waals surface area contributed by atoms with Crippen molar-refractivity contribution in [2.24, 2.45) is 5.92 Å². The van der Waals surface area contributed by atoms with E-state index < -0.39 is 0 Å². The Bertz CT molecular complexity index is 528. The Kier molecular flexibility index (Phi) is 4.19.